The summed E-state index contributed by atoms with van der Waals surface area (Å²) >= 11 is 0. The van der Waals surface area contributed by atoms with Crippen LogP contribution in [0.15, 0.2) is 0 Å². The number of hydrogen-bond acceptors (Lipinski definition) is 4. The van der Waals surface area contributed by atoms with Gasteiger partial charge in [-0.3, -0.25) is 9.59 Å². The van der Waals surface area contributed by atoms with E-state index in [0.29, 0.717) is 19.1 Å². The summed E-state index contributed by atoms with van der Waals surface area (Å²) in [5, 5.41) is 8.94. The van der Waals surface area contributed by atoms with Crippen molar-refractivity contribution >= 4 is 17.8 Å². The van der Waals surface area contributed by atoms with E-state index in [1.165, 1.54) is 4.90 Å². The molecule has 3 rings (SSSR count). The first kappa shape index (κ1) is 13.4. The Morgan fingerprint density at radius 3 is 2.65 bits per heavy atom. The second-order valence-electron chi connectivity index (χ2n) is 5.66. The standard InChI is InChI=1S/C13H18N2O5/c16-11-5-8(6-15(11)9-1-2-9)12(17)14-3-4-20-10(7-14)13(18)19/h8-10H,1-7H2,(H,18,19). The lowest BCUT2D eigenvalue weighted by Crippen LogP contribution is -2.50. The Hall–Kier alpha value is -1.63. The van der Waals surface area contributed by atoms with E-state index in [1.54, 1.807) is 4.90 Å². The molecule has 2 atom stereocenters. The van der Waals surface area contributed by atoms with E-state index >= 15 is 0 Å². The summed E-state index contributed by atoms with van der Waals surface area (Å²) in [6.07, 6.45) is 1.37. The molecule has 2 aliphatic heterocycles. The average Bonchev–Trinajstić information content (AvgIpc) is 3.21. The van der Waals surface area contributed by atoms with E-state index in [-0.39, 0.29) is 37.3 Å². The molecule has 2 amide bonds. The number of carbonyl (C=O) groups is 3. The summed E-state index contributed by atoms with van der Waals surface area (Å²) in [6, 6.07) is 0.330. The quantitative estimate of drug-likeness (QED) is 0.740. The highest BCUT2D eigenvalue weighted by molar-refractivity contribution is 5.90. The lowest BCUT2D eigenvalue weighted by atomic mass is 10.1. The van der Waals surface area contributed by atoms with Crippen molar-refractivity contribution in [2.75, 3.05) is 26.2 Å². The van der Waals surface area contributed by atoms with Crippen LogP contribution in [0.4, 0.5) is 0 Å². The van der Waals surface area contributed by atoms with Crippen molar-refractivity contribution in [2.24, 2.45) is 5.92 Å². The molecular formula is C13H18N2O5. The minimum absolute atomic E-state index is 0.0499. The molecule has 3 aliphatic rings. The maximum Gasteiger partial charge on any atom is 0.334 e. The summed E-state index contributed by atoms with van der Waals surface area (Å²) in [7, 11) is 0. The molecule has 0 aromatic rings. The molecule has 1 N–H and O–H groups in total. The lowest BCUT2D eigenvalue weighted by molar-refractivity contribution is -0.160. The van der Waals surface area contributed by atoms with Gasteiger partial charge in [0.25, 0.3) is 0 Å². The van der Waals surface area contributed by atoms with E-state index < -0.39 is 12.1 Å². The number of likely N-dealkylation sites (tertiary alicyclic amines) is 1. The van der Waals surface area contributed by atoms with Crippen LogP contribution in [-0.2, 0) is 19.1 Å². The fourth-order valence-corrected chi connectivity index (χ4v) is 2.89. The number of morpholine rings is 1. The molecule has 0 aromatic carbocycles. The third-order valence-electron chi connectivity index (χ3n) is 4.15. The fraction of sp³-hybridized carbons (Fsp3) is 0.769. The zero-order valence-electron chi connectivity index (χ0n) is 11.2. The van der Waals surface area contributed by atoms with Crippen LogP contribution < -0.4 is 0 Å². The van der Waals surface area contributed by atoms with Gasteiger partial charge in [0.1, 0.15) is 0 Å². The van der Waals surface area contributed by atoms with Gasteiger partial charge in [-0.05, 0) is 12.8 Å². The van der Waals surface area contributed by atoms with E-state index in [9.17, 15) is 14.4 Å². The third kappa shape index (κ3) is 2.49. The molecule has 2 saturated heterocycles. The number of aliphatic carboxylic acids is 1. The van der Waals surface area contributed by atoms with Gasteiger partial charge < -0.3 is 19.6 Å². The maximum atomic E-state index is 12.4. The smallest absolute Gasteiger partial charge is 0.334 e. The van der Waals surface area contributed by atoms with E-state index in [2.05, 4.69) is 0 Å². The number of rotatable bonds is 3. The van der Waals surface area contributed by atoms with Crippen LogP contribution in [0.2, 0.25) is 0 Å². The second kappa shape index (κ2) is 5.05. The van der Waals surface area contributed by atoms with Gasteiger partial charge in [0.15, 0.2) is 6.10 Å². The average molecular weight is 282 g/mol. The molecule has 7 nitrogen and oxygen atoms in total. The predicted molar refractivity (Wildman–Crippen MR) is 66.8 cm³/mol. The largest absolute Gasteiger partial charge is 0.479 e. The van der Waals surface area contributed by atoms with Gasteiger partial charge in [-0.1, -0.05) is 0 Å². The highest BCUT2D eigenvalue weighted by atomic mass is 16.5. The third-order valence-corrected chi connectivity index (χ3v) is 4.15. The van der Waals surface area contributed by atoms with Crippen molar-refractivity contribution in [1.29, 1.82) is 0 Å². The van der Waals surface area contributed by atoms with Gasteiger partial charge in [-0.25, -0.2) is 4.79 Å². The number of ether oxygens (including phenoxy) is 1. The van der Waals surface area contributed by atoms with Crippen molar-refractivity contribution in [3.63, 3.8) is 0 Å². The summed E-state index contributed by atoms with van der Waals surface area (Å²) in [5.41, 5.74) is 0. The van der Waals surface area contributed by atoms with Crippen molar-refractivity contribution in [2.45, 2.75) is 31.4 Å². The fourth-order valence-electron chi connectivity index (χ4n) is 2.89. The Kier molecular flexibility index (Phi) is 3.37. The summed E-state index contributed by atoms with van der Waals surface area (Å²) in [6.45, 7) is 1.19. The van der Waals surface area contributed by atoms with Crippen LogP contribution in [0, 0.1) is 5.92 Å². The van der Waals surface area contributed by atoms with Crippen LogP contribution in [0.1, 0.15) is 19.3 Å². The van der Waals surface area contributed by atoms with Crippen molar-refractivity contribution < 1.29 is 24.2 Å². The molecule has 0 aromatic heterocycles. The first-order valence-corrected chi connectivity index (χ1v) is 6.99. The van der Waals surface area contributed by atoms with Gasteiger partial charge in [0, 0.05) is 25.6 Å². The van der Waals surface area contributed by atoms with Crippen molar-refractivity contribution in [3.8, 4) is 0 Å². The Bertz CT molecular complexity index is 448. The molecule has 7 heteroatoms. The Balaban J connectivity index is 1.61. The van der Waals surface area contributed by atoms with Crippen molar-refractivity contribution in [1.82, 2.24) is 9.80 Å². The van der Waals surface area contributed by atoms with E-state index in [1.807, 2.05) is 0 Å². The van der Waals surface area contributed by atoms with Gasteiger partial charge in [0.05, 0.1) is 19.1 Å². The predicted octanol–water partition coefficient (Wildman–Crippen LogP) is -0.691. The molecule has 110 valence electrons. The van der Waals surface area contributed by atoms with Crippen LogP contribution in [0.5, 0.6) is 0 Å². The molecule has 2 heterocycles. The summed E-state index contributed by atoms with van der Waals surface area (Å²) < 4.78 is 5.10. The molecule has 3 fully saturated rings. The monoisotopic (exact) mass is 282 g/mol. The molecule has 0 spiro atoms. The van der Waals surface area contributed by atoms with Gasteiger partial charge in [-0.15, -0.1) is 0 Å². The van der Waals surface area contributed by atoms with Crippen LogP contribution in [0.25, 0.3) is 0 Å². The topological polar surface area (TPSA) is 87.2 Å². The Morgan fingerprint density at radius 1 is 1.25 bits per heavy atom. The number of nitrogens with zero attached hydrogens (tertiary/aromatic N) is 2. The zero-order valence-corrected chi connectivity index (χ0v) is 11.2. The minimum Gasteiger partial charge on any atom is -0.479 e. The lowest BCUT2D eigenvalue weighted by Gasteiger charge is -2.32. The highest BCUT2D eigenvalue weighted by Gasteiger charge is 2.43. The zero-order chi connectivity index (χ0) is 14.3. The Morgan fingerprint density at radius 2 is 2.00 bits per heavy atom. The first-order valence-electron chi connectivity index (χ1n) is 6.99. The molecule has 2 unspecified atom stereocenters. The minimum atomic E-state index is -1.05. The second-order valence-corrected chi connectivity index (χ2v) is 5.66. The highest BCUT2D eigenvalue weighted by Crippen LogP contribution is 2.33. The maximum absolute atomic E-state index is 12.4. The summed E-state index contributed by atoms with van der Waals surface area (Å²) in [4.78, 5) is 38.5. The van der Waals surface area contributed by atoms with Crippen LogP contribution in [0.3, 0.4) is 0 Å². The normalized spacial score (nSPS) is 30.7. The number of amides is 2. The summed E-state index contributed by atoms with van der Waals surface area (Å²) in [5.74, 6) is -1.44. The van der Waals surface area contributed by atoms with Crippen LogP contribution >= 0.6 is 0 Å². The molecular weight excluding hydrogens is 264 g/mol. The van der Waals surface area contributed by atoms with Gasteiger partial charge in [0.2, 0.25) is 11.8 Å². The Labute approximate surface area is 116 Å². The molecule has 20 heavy (non-hydrogen) atoms. The van der Waals surface area contributed by atoms with E-state index in [0.717, 1.165) is 12.8 Å². The SMILES string of the molecule is O=C(O)C1CN(C(=O)C2CC(=O)N(C3CC3)C2)CCO1. The molecule has 0 radical (unpaired) electrons. The van der Waals surface area contributed by atoms with Crippen molar-refractivity contribution in [3.05, 3.63) is 0 Å². The van der Waals surface area contributed by atoms with E-state index in [4.69, 9.17) is 9.84 Å². The number of hydrogen-bond donors (Lipinski definition) is 1. The van der Waals surface area contributed by atoms with Gasteiger partial charge in [-0.2, -0.15) is 0 Å². The number of carboxylic acid groups (broad SMARTS) is 1. The molecule has 0 bridgehead atoms. The van der Waals surface area contributed by atoms with Crippen LogP contribution in [-0.4, -0.2) is 71.1 Å². The van der Waals surface area contributed by atoms with Gasteiger partial charge >= 0.3 is 5.97 Å². The molecule has 1 saturated carbocycles. The number of carbonyl (C=O) groups excluding carboxylic acids is 2. The molecule has 1 aliphatic carbocycles. The first-order chi connectivity index (χ1) is 9.56. The number of carboxylic acids is 1.